The number of hydrogen-bond acceptors (Lipinski definition) is 2. The lowest BCUT2D eigenvalue weighted by molar-refractivity contribution is 0.276. The Labute approximate surface area is 82.2 Å². The minimum absolute atomic E-state index is 0.287. The zero-order chi connectivity index (χ0) is 9.31. The average Bonchev–Trinajstić information content (AvgIpc) is 2.54. The Kier molecular flexibility index (Phi) is 2.00. The second-order valence-corrected chi connectivity index (χ2v) is 3.71. The van der Waals surface area contributed by atoms with Crippen LogP contribution < -0.4 is 0 Å². The number of benzene rings is 1. The molecule has 1 unspecified atom stereocenters. The molecule has 1 heterocycles. The van der Waals surface area contributed by atoms with E-state index in [9.17, 15) is 0 Å². The Balaban J connectivity index is 2.35. The van der Waals surface area contributed by atoms with Gasteiger partial charge in [0.15, 0.2) is 0 Å². The number of halogens is 1. The number of ether oxygens (including phenoxy) is 1. The van der Waals surface area contributed by atoms with Gasteiger partial charge in [-0.25, -0.2) is 4.99 Å². The van der Waals surface area contributed by atoms with Gasteiger partial charge in [0.05, 0.1) is 0 Å². The Hall–Kier alpha value is -1.02. The highest BCUT2D eigenvalue weighted by Gasteiger charge is 2.29. The van der Waals surface area contributed by atoms with Crippen LogP contribution in [-0.2, 0) is 10.3 Å². The summed E-state index contributed by atoms with van der Waals surface area (Å²) in [6.07, 6.45) is 2.52. The van der Waals surface area contributed by atoms with E-state index in [-0.39, 0.29) is 5.54 Å². The zero-order valence-corrected chi connectivity index (χ0v) is 8.01. The summed E-state index contributed by atoms with van der Waals surface area (Å²) >= 11 is 5.79. The van der Waals surface area contributed by atoms with Crippen molar-refractivity contribution in [3.05, 3.63) is 34.9 Å². The van der Waals surface area contributed by atoms with Crippen LogP contribution in [0.15, 0.2) is 29.3 Å². The van der Waals surface area contributed by atoms with E-state index in [1.807, 2.05) is 31.2 Å². The van der Waals surface area contributed by atoms with Crippen molar-refractivity contribution in [2.75, 3.05) is 6.61 Å². The minimum Gasteiger partial charge on any atom is -0.471 e. The molecule has 0 aromatic heterocycles. The summed E-state index contributed by atoms with van der Waals surface area (Å²) in [5, 5.41) is 0.735. The summed E-state index contributed by atoms with van der Waals surface area (Å²) in [6, 6.07) is 7.64. The predicted octanol–water partition coefficient (Wildman–Crippen LogP) is 2.49. The van der Waals surface area contributed by atoms with Gasteiger partial charge in [0.25, 0.3) is 6.40 Å². The van der Waals surface area contributed by atoms with Crippen LogP contribution in [0.4, 0.5) is 0 Å². The van der Waals surface area contributed by atoms with E-state index < -0.39 is 0 Å². The van der Waals surface area contributed by atoms with Crippen molar-refractivity contribution in [2.24, 2.45) is 4.99 Å². The zero-order valence-electron chi connectivity index (χ0n) is 7.25. The summed E-state index contributed by atoms with van der Waals surface area (Å²) in [5.41, 5.74) is 0.812. The van der Waals surface area contributed by atoms with Crippen LogP contribution in [0.2, 0.25) is 5.02 Å². The Morgan fingerprint density at radius 1 is 1.46 bits per heavy atom. The molecule has 1 atom stereocenters. The van der Waals surface area contributed by atoms with Gasteiger partial charge in [-0.2, -0.15) is 0 Å². The molecule has 1 aromatic rings. The SMILES string of the molecule is CC1(c2ccc(Cl)cc2)CO[C]=N1. The van der Waals surface area contributed by atoms with E-state index in [0.29, 0.717) is 6.61 Å². The molecular weight excluding hydrogens is 186 g/mol. The number of hydrogen-bond donors (Lipinski definition) is 0. The summed E-state index contributed by atoms with van der Waals surface area (Å²) in [5.74, 6) is 0. The molecule has 67 valence electrons. The fourth-order valence-electron chi connectivity index (χ4n) is 1.29. The minimum atomic E-state index is -0.287. The molecule has 0 N–H and O–H groups in total. The maximum atomic E-state index is 5.79. The summed E-state index contributed by atoms with van der Waals surface area (Å²) < 4.78 is 5.00. The van der Waals surface area contributed by atoms with Gasteiger partial charge in [0.1, 0.15) is 12.1 Å². The van der Waals surface area contributed by atoms with Crippen molar-refractivity contribution in [2.45, 2.75) is 12.5 Å². The first kappa shape index (κ1) is 8.57. The van der Waals surface area contributed by atoms with Crippen LogP contribution in [0.25, 0.3) is 0 Å². The van der Waals surface area contributed by atoms with Crippen LogP contribution >= 0.6 is 11.6 Å². The number of nitrogens with zero attached hydrogens (tertiary/aromatic N) is 1. The highest BCUT2D eigenvalue weighted by molar-refractivity contribution is 6.30. The molecule has 1 radical (unpaired) electrons. The van der Waals surface area contributed by atoms with Crippen molar-refractivity contribution in [1.82, 2.24) is 0 Å². The first-order valence-corrected chi connectivity index (χ1v) is 4.43. The molecule has 0 amide bonds. The average molecular weight is 195 g/mol. The Morgan fingerprint density at radius 3 is 2.69 bits per heavy atom. The van der Waals surface area contributed by atoms with Crippen molar-refractivity contribution in [1.29, 1.82) is 0 Å². The van der Waals surface area contributed by atoms with Crippen molar-refractivity contribution in [3.8, 4) is 0 Å². The fourth-order valence-corrected chi connectivity index (χ4v) is 1.42. The largest absolute Gasteiger partial charge is 0.471 e. The van der Waals surface area contributed by atoms with E-state index in [1.54, 1.807) is 0 Å². The van der Waals surface area contributed by atoms with E-state index in [4.69, 9.17) is 16.3 Å². The number of aliphatic imine (C=N–C) groups is 1. The molecule has 0 spiro atoms. The molecule has 0 saturated heterocycles. The van der Waals surface area contributed by atoms with Gasteiger partial charge < -0.3 is 4.74 Å². The maximum Gasteiger partial charge on any atom is 0.274 e. The second kappa shape index (κ2) is 3.04. The molecule has 0 fully saturated rings. The van der Waals surface area contributed by atoms with E-state index in [2.05, 4.69) is 11.4 Å². The molecule has 0 bridgehead atoms. The summed E-state index contributed by atoms with van der Waals surface area (Å²) in [7, 11) is 0. The first-order valence-electron chi connectivity index (χ1n) is 4.05. The van der Waals surface area contributed by atoms with Gasteiger partial charge in [-0.05, 0) is 24.6 Å². The lowest BCUT2D eigenvalue weighted by Crippen LogP contribution is -2.20. The Morgan fingerprint density at radius 2 is 2.15 bits per heavy atom. The molecule has 1 aromatic carbocycles. The molecular formula is C10H9ClNO. The van der Waals surface area contributed by atoms with Crippen LogP contribution in [0.3, 0.4) is 0 Å². The van der Waals surface area contributed by atoms with Crippen molar-refractivity contribution >= 4 is 18.0 Å². The van der Waals surface area contributed by atoms with Crippen molar-refractivity contribution < 1.29 is 4.74 Å². The molecule has 2 nitrogen and oxygen atoms in total. The molecule has 13 heavy (non-hydrogen) atoms. The second-order valence-electron chi connectivity index (χ2n) is 3.27. The first-order chi connectivity index (χ1) is 6.21. The topological polar surface area (TPSA) is 21.6 Å². The highest BCUT2D eigenvalue weighted by Crippen LogP contribution is 2.29. The summed E-state index contributed by atoms with van der Waals surface area (Å²) in [4.78, 5) is 4.15. The monoisotopic (exact) mass is 194 g/mol. The van der Waals surface area contributed by atoms with Crippen molar-refractivity contribution in [3.63, 3.8) is 0 Å². The molecule has 3 heteroatoms. The molecule has 2 rings (SSSR count). The van der Waals surface area contributed by atoms with Gasteiger partial charge in [-0.3, -0.25) is 0 Å². The van der Waals surface area contributed by atoms with E-state index in [1.165, 1.54) is 0 Å². The predicted molar refractivity (Wildman–Crippen MR) is 52.2 cm³/mol. The van der Waals surface area contributed by atoms with Crippen LogP contribution in [-0.4, -0.2) is 13.0 Å². The molecule has 1 aliphatic rings. The lowest BCUT2D eigenvalue weighted by atomic mass is 9.94. The van der Waals surface area contributed by atoms with Gasteiger partial charge in [-0.1, -0.05) is 23.7 Å². The quantitative estimate of drug-likeness (QED) is 0.673. The summed E-state index contributed by atoms with van der Waals surface area (Å²) in [6.45, 7) is 2.56. The maximum absolute atomic E-state index is 5.79. The van der Waals surface area contributed by atoms with Crippen LogP contribution in [0.5, 0.6) is 0 Å². The highest BCUT2D eigenvalue weighted by atomic mass is 35.5. The normalized spacial score (nSPS) is 26.0. The van der Waals surface area contributed by atoms with Gasteiger partial charge in [0, 0.05) is 5.02 Å². The van der Waals surface area contributed by atoms with E-state index in [0.717, 1.165) is 10.6 Å². The third-order valence-corrected chi connectivity index (χ3v) is 2.43. The number of rotatable bonds is 1. The fraction of sp³-hybridized carbons (Fsp3) is 0.300. The van der Waals surface area contributed by atoms with Gasteiger partial charge >= 0.3 is 0 Å². The molecule has 0 aliphatic carbocycles. The lowest BCUT2D eigenvalue weighted by Gasteiger charge is -2.18. The third-order valence-electron chi connectivity index (χ3n) is 2.18. The molecule has 0 saturated carbocycles. The smallest absolute Gasteiger partial charge is 0.274 e. The van der Waals surface area contributed by atoms with Gasteiger partial charge in [0.2, 0.25) is 0 Å². The Bertz CT molecular complexity index is 333. The standard InChI is InChI=1S/C10H9ClNO/c1-10(6-13-7-12-10)8-2-4-9(11)5-3-8/h2-5H,6H2,1H3. The molecule has 1 aliphatic heterocycles. The van der Waals surface area contributed by atoms with Crippen LogP contribution in [0, 0.1) is 0 Å². The van der Waals surface area contributed by atoms with Crippen LogP contribution in [0.1, 0.15) is 12.5 Å². The third kappa shape index (κ3) is 1.54. The van der Waals surface area contributed by atoms with Gasteiger partial charge in [-0.15, -0.1) is 0 Å². The van der Waals surface area contributed by atoms with E-state index >= 15 is 0 Å².